The topological polar surface area (TPSA) is 107 Å². The van der Waals surface area contributed by atoms with Crippen molar-refractivity contribution >= 4 is 6.03 Å². The molecule has 2 fully saturated rings. The van der Waals surface area contributed by atoms with Gasteiger partial charge in [0.25, 0.3) is 0 Å². The molecule has 11 nitrogen and oxygen atoms in total. The number of carbonyl (C=O) groups is 1. The molecule has 1 atom stereocenters. The summed E-state index contributed by atoms with van der Waals surface area (Å²) in [7, 11) is 3.33. The first kappa shape index (κ1) is 21.9. The van der Waals surface area contributed by atoms with Crippen LogP contribution in [-0.4, -0.2) is 109 Å². The number of hydrogen-bond donors (Lipinski definition) is 1. The van der Waals surface area contributed by atoms with Crippen molar-refractivity contribution < 1.29 is 19.0 Å². The highest BCUT2D eigenvalue weighted by Gasteiger charge is 2.47. The number of urea groups is 1. The molecule has 3 heterocycles. The zero-order chi connectivity index (χ0) is 20.5. The van der Waals surface area contributed by atoms with E-state index < -0.39 is 5.54 Å². The first-order valence-electron chi connectivity index (χ1n) is 10.3. The number of likely N-dealkylation sites (tertiary alicyclic amines) is 1. The van der Waals surface area contributed by atoms with Gasteiger partial charge >= 0.3 is 6.03 Å². The van der Waals surface area contributed by atoms with Crippen molar-refractivity contribution in [2.24, 2.45) is 0 Å². The number of methoxy groups -OCH3 is 2. The minimum absolute atomic E-state index is 0.0469. The molecule has 2 amide bonds. The van der Waals surface area contributed by atoms with Crippen LogP contribution in [0.5, 0.6) is 0 Å². The maximum absolute atomic E-state index is 12.8. The number of morpholine rings is 1. The van der Waals surface area contributed by atoms with Crippen molar-refractivity contribution in [2.75, 3.05) is 73.4 Å². The van der Waals surface area contributed by atoms with Gasteiger partial charge in [-0.3, -0.25) is 4.90 Å². The van der Waals surface area contributed by atoms with E-state index in [-0.39, 0.29) is 6.03 Å². The molecule has 164 valence electrons. The summed E-state index contributed by atoms with van der Waals surface area (Å²) in [5.74, 6) is 0.799. The molecule has 0 spiro atoms. The zero-order valence-electron chi connectivity index (χ0n) is 17.5. The molecule has 0 saturated carbocycles. The lowest BCUT2D eigenvalue weighted by Crippen LogP contribution is -2.62. The van der Waals surface area contributed by atoms with Crippen LogP contribution >= 0.6 is 0 Å². The maximum Gasteiger partial charge on any atom is 0.317 e. The molecular formula is C18H33N7O4. The Morgan fingerprint density at radius 3 is 2.76 bits per heavy atom. The Bertz CT molecular complexity index is 637. The molecular weight excluding hydrogens is 378 g/mol. The fraction of sp³-hybridized carbons (Fsp3) is 0.889. The zero-order valence-corrected chi connectivity index (χ0v) is 17.5. The van der Waals surface area contributed by atoms with Gasteiger partial charge in [-0.15, -0.1) is 5.10 Å². The second-order valence-corrected chi connectivity index (χ2v) is 7.45. The van der Waals surface area contributed by atoms with E-state index in [1.165, 1.54) is 0 Å². The predicted octanol–water partition coefficient (Wildman–Crippen LogP) is -0.311. The van der Waals surface area contributed by atoms with Crippen LogP contribution < -0.4 is 5.32 Å². The van der Waals surface area contributed by atoms with Crippen LogP contribution in [0.1, 0.15) is 25.1 Å². The van der Waals surface area contributed by atoms with Gasteiger partial charge in [-0.1, -0.05) is 0 Å². The van der Waals surface area contributed by atoms with E-state index in [9.17, 15) is 4.79 Å². The number of piperidine rings is 1. The smallest absolute Gasteiger partial charge is 0.317 e. The Morgan fingerprint density at radius 1 is 1.21 bits per heavy atom. The van der Waals surface area contributed by atoms with Gasteiger partial charge in [0.1, 0.15) is 5.54 Å². The molecule has 1 aromatic heterocycles. The number of aromatic nitrogens is 4. The molecule has 0 bridgehead atoms. The first-order chi connectivity index (χ1) is 14.2. The molecule has 2 aliphatic rings. The summed E-state index contributed by atoms with van der Waals surface area (Å²) in [5.41, 5.74) is -0.427. The van der Waals surface area contributed by atoms with Crippen LogP contribution in [0.15, 0.2) is 0 Å². The third-order valence-electron chi connectivity index (χ3n) is 5.63. The van der Waals surface area contributed by atoms with Crippen LogP contribution in [0.25, 0.3) is 0 Å². The number of nitrogens with one attached hydrogen (secondary N) is 1. The molecule has 0 aliphatic carbocycles. The number of hydrogen-bond acceptors (Lipinski definition) is 8. The van der Waals surface area contributed by atoms with Crippen molar-refractivity contribution in [2.45, 2.75) is 31.3 Å². The second kappa shape index (κ2) is 10.8. The molecule has 0 radical (unpaired) electrons. The van der Waals surface area contributed by atoms with Crippen molar-refractivity contribution in [1.82, 2.24) is 35.3 Å². The number of amides is 2. The fourth-order valence-electron chi connectivity index (χ4n) is 4.17. The number of carbonyl (C=O) groups excluding carboxylic acids is 1. The number of rotatable bonds is 9. The summed E-state index contributed by atoms with van der Waals surface area (Å²) in [6.45, 7) is 6.54. The van der Waals surface area contributed by atoms with Gasteiger partial charge in [0.15, 0.2) is 5.82 Å². The summed E-state index contributed by atoms with van der Waals surface area (Å²) >= 11 is 0. The van der Waals surface area contributed by atoms with E-state index in [0.717, 1.165) is 44.7 Å². The Morgan fingerprint density at radius 2 is 2.00 bits per heavy atom. The molecule has 1 N–H and O–H groups in total. The van der Waals surface area contributed by atoms with Gasteiger partial charge in [-0.2, -0.15) is 0 Å². The van der Waals surface area contributed by atoms with E-state index >= 15 is 0 Å². The number of nitrogens with zero attached hydrogens (tertiary/aromatic N) is 6. The average Bonchev–Trinajstić information content (AvgIpc) is 3.25. The van der Waals surface area contributed by atoms with E-state index in [4.69, 9.17) is 14.2 Å². The van der Waals surface area contributed by atoms with Crippen LogP contribution in [0.4, 0.5) is 4.79 Å². The molecule has 3 rings (SSSR count). The monoisotopic (exact) mass is 411 g/mol. The summed E-state index contributed by atoms with van der Waals surface area (Å²) in [6, 6.07) is -0.0469. The minimum Gasteiger partial charge on any atom is -0.385 e. The van der Waals surface area contributed by atoms with Crippen LogP contribution in [0.2, 0.25) is 0 Å². The van der Waals surface area contributed by atoms with Gasteiger partial charge in [-0.05, 0) is 29.7 Å². The predicted molar refractivity (Wildman–Crippen MR) is 104 cm³/mol. The first-order valence-corrected chi connectivity index (χ1v) is 10.3. The van der Waals surface area contributed by atoms with E-state index in [0.29, 0.717) is 46.1 Å². The lowest BCUT2D eigenvalue weighted by Gasteiger charge is -2.49. The normalized spacial score (nSPS) is 23.3. The van der Waals surface area contributed by atoms with Crippen LogP contribution in [0.3, 0.4) is 0 Å². The fourth-order valence-corrected chi connectivity index (χ4v) is 4.17. The summed E-state index contributed by atoms with van der Waals surface area (Å²) in [4.78, 5) is 17.1. The number of ether oxygens (including phenoxy) is 3. The number of tetrazole rings is 1. The lowest BCUT2D eigenvalue weighted by atomic mass is 9.85. The lowest BCUT2D eigenvalue weighted by molar-refractivity contribution is -0.0554. The quantitative estimate of drug-likeness (QED) is 0.552. The Labute approximate surface area is 171 Å². The third kappa shape index (κ3) is 5.21. The molecule has 2 saturated heterocycles. The van der Waals surface area contributed by atoms with E-state index in [1.807, 2.05) is 9.58 Å². The Balaban J connectivity index is 1.80. The van der Waals surface area contributed by atoms with Crippen molar-refractivity contribution in [3.05, 3.63) is 5.82 Å². The molecule has 1 unspecified atom stereocenters. The van der Waals surface area contributed by atoms with Crippen molar-refractivity contribution in [3.8, 4) is 0 Å². The summed E-state index contributed by atoms with van der Waals surface area (Å²) in [6.07, 6.45) is 2.58. The summed E-state index contributed by atoms with van der Waals surface area (Å²) in [5, 5.41) is 15.6. The molecule has 2 aliphatic heterocycles. The summed E-state index contributed by atoms with van der Waals surface area (Å²) < 4.78 is 17.7. The second-order valence-electron chi connectivity index (χ2n) is 7.45. The third-order valence-corrected chi connectivity index (χ3v) is 5.63. The standard InChI is InChI=1S/C18H33N7O4/c1-27-11-4-6-19-17(26)23-7-3-5-18(15-23,24-8-13-29-14-9-24)16-20-21-22-25(16)10-12-28-2/h3-15H2,1-2H3,(H,19,26). The highest BCUT2D eigenvalue weighted by Crippen LogP contribution is 2.36. The molecule has 29 heavy (non-hydrogen) atoms. The van der Waals surface area contributed by atoms with Gasteiger partial charge in [0.05, 0.1) is 26.4 Å². The molecule has 0 aromatic carbocycles. The van der Waals surface area contributed by atoms with Gasteiger partial charge in [-0.25, -0.2) is 9.48 Å². The maximum atomic E-state index is 12.8. The highest BCUT2D eigenvalue weighted by molar-refractivity contribution is 5.74. The van der Waals surface area contributed by atoms with Gasteiger partial charge < -0.3 is 24.4 Å². The van der Waals surface area contributed by atoms with E-state index in [1.54, 1.807) is 14.2 Å². The average molecular weight is 412 g/mol. The Kier molecular flexibility index (Phi) is 8.16. The molecule has 1 aromatic rings. The highest BCUT2D eigenvalue weighted by atomic mass is 16.5. The molecule has 11 heteroatoms. The largest absolute Gasteiger partial charge is 0.385 e. The van der Waals surface area contributed by atoms with Crippen molar-refractivity contribution in [1.29, 1.82) is 0 Å². The van der Waals surface area contributed by atoms with Gasteiger partial charge in [0.2, 0.25) is 0 Å². The minimum atomic E-state index is -0.427. The van der Waals surface area contributed by atoms with Crippen molar-refractivity contribution in [3.63, 3.8) is 0 Å². The SMILES string of the molecule is COCCCNC(=O)N1CCCC(c2nnnn2CCOC)(N2CCOCC2)C1. The van der Waals surface area contributed by atoms with Gasteiger partial charge in [0, 0.05) is 53.6 Å². The Hall–Kier alpha value is -1.82. The van der Waals surface area contributed by atoms with Crippen LogP contribution in [-0.2, 0) is 26.3 Å². The van der Waals surface area contributed by atoms with E-state index in [2.05, 4.69) is 25.7 Å². The van der Waals surface area contributed by atoms with Crippen LogP contribution in [0, 0.1) is 0 Å².